The maximum absolute atomic E-state index is 11.3. The van der Waals surface area contributed by atoms with Gasteiger partial charge in [0.25, 0.3) is 0 Å². The summed E-state index contributed by atoms with van der Waals surface area (Å²) in [5.41, 5.74) is 0. The summed E-state index contributed by atoms with van der Waals surface area (Å²) < 4.78 is 5.23. The highest BCUT2D eigenvalue weighted by molar-refractivity contribution is 5.92. The van der Waals surface area contributed by atoms with Gasteiger partial charge in [-0.25, -0.2) is 0 Å². The van der Waals surface area contributed by atoms with Crippen molar-refractivity contribution < 1.29 is 14.3 Å². The average molecular weight is 169 g/mol. The fraction of sp³-hybridized carbons (Fsp3) is 0.750. The fourth-order valence-electron chi connectivity index (χ4n) is 1.95. The first-order chi connectivity index (χ1) is 5.70. The number of Topliss-reactive ketones (excluding diaryl/α,β-unsaturated/α-hetero) is 1. The zero-order chi connectivity index (χ0) is 8.72. The molecule has 0 spiro atoms. The number of likely N-dealkylation sites (tertiary alicyclic amines) is 1. The summed E-state index contributed by atoms with van der Waals surface area (Å²) in [4.78, 5) is 23.9. The minimum absolute atomic E-state index is 0.0265. The average Bonchev–Trinajstić information content (AvgIpc) is 2.53. The lowest BCUT2D eigenvalue weighted by Crippen LogP contribution is -2.40. The third kappa shape index (κ3) is 0.948. The number of ether oxygens (including phenoxy) is 1. The first-order valence-corrected chi connectivity index (χ1v) is 4.11. The van der Waals surface area contributed by atoms with Crippen LogP contribution in [0.1, 0.15) is 13.3 Å². The zero-order valence-corrected chi connectivity index (χ0v) is 6.95. The van der Waals surface area contributed by atoms with Crippen LogP contribution in [0.2, 0.25) is 0 Å². The molecule has 2 heterocycles. The van der Waals surface area contributed by atoms with Crippen molar-refractivity contribution >= 4 is 11.7 Å². The number of hydrogen-bond donors (Lipinski definition) is 0. The number of amides is 1. The van der Waals surface area contributed by atoms with Gasteiger partial charge in [0.1, 0.15) is 12.6 Å². The third-order valence-corrected chi connectivity index (χ3v) is 2.52. The number of hydrogen-bond acceptors (Lipinski definition) is 3. The molecule has 0 radical (unpaired) electrons. The second-order valence-corrected chi connectivity index (χ2v) is 3.26. The van der Waals surface area contributed by atoms with Crippen LogP contribution in [-0.2, 0) is 14.3 Å². The SMILES string of the molecule is CC(=O)N1CC[C@H]2OCC(=O)[C@H]21. The van der Waals surface area contributed by atoms with Gasteiger partial charge >= 0.3 is 0 Å². The molecule has 2 fully saturated rings. The molecule has 0 aromatic carbocycles. The van der Waals surface area contributed by atoms with E-state index in [4.69, 9.17) is 4.74 Å². The van der Waals surface area contributed by atoms with Crippen molar-refractivity contribution in [1.29, 1.82) is 0 Å². The van der Waals surface area contributed by atoms with Crippen LogP contribution < -0.4 is 0 Å². The Bertz CT molecular complexity index is 238. The van der Waals surface area contributed by atoms with E-state index in [2.05, 4.69) is 0 Å². The maximum Gasteiger partial charge on any atom is 0.220 e. The van der Waals surface area contributed by atoms with Gasteiger partial charge < -0.3 is 9.64 Å². The lowest BCUT2D eigenvalue weighted by atomic mass is 10.1. The molecule has 0 aromatic rings. The third-order valence-electron chi connectivity index (χ3n) is 2.52. The minimum Gasteiger partial charge on any atom is -0.368 e. The highest BCUT2D eigenvalue weighted by Crippen LogP contribution is 2.26. The van der Waals surface area contributed by atoms with Gasteiger partial charge in [0, 0.05) is 13.5 Å². The van der Waals surface area contributed by atoms with Crippen molar-refractivity contribution in [3.63, 3.8) is 0 Å². The Labute approximate surface area is 70.5 Å². The molecular weight excluding hydrogens is 158 g/mol. The molecule has 2 rings (SSSR count). The molecule has 2 atom stereocenters. The second-order valence-electron chi connectivity index (χ2n) is 3.26. The van der Waals surface area contributed by atoms with Crippen LogP contribution in [-0.4, -0.2) is 41.9 Å². The number of nitrogens with zero attached hydrogens (tertiary/aromatic N) is 1. The van der Waals surface area contributed by atoms with Crippen LogP contribution in [0.5, 0.6) is 0 Å². The lowest BCUT2D eigenvalue weighted by Gasteiger charge is -2.19. The topological polar surface area (TPSA) is 46.6 Å². The normalized spacial score (nSPS) is 34.1. The van der Waals surface area contributed by atoms with E-state index in [0.717, 1.165) is 6.42 Å². The molecule has 4 nitrogen and oxygen atoms in total. The van der Waals surface area contributed by atoms with E-state index < -0.39 is 0 Å². The largest absolute Gasteiger partial charge is 0.368 e. The summed E-state index contributed by atoms with van der Waals surface area (Å²) >= 11 is 0. The molecular formula is C8H11NO3. The predicted octanol–water partition coefficient (Wildman–Crippen LogP) is -0.425. The van der Waals surface area contributed by atoms with Gasteiger partial charge in [0.2, 0.25) is 5.91 Å². The van der Waals surface area contributed by atoms with Crippen molar-refractivity contribution in [3.8, 4) is 0 Å². The van der Waals surface area contributed by atoms with Crippen LogP contribution >= 0.6 is 0 Å². The van der Waals surface area contributed by atoms with Crippen molar-refractivity contribution in [1.82, 2.24) is 4.90 Å². The first-order valence-electron chi connectivity index (χ1n) is 4.11. The molecule has 0 aromatic heterocycles. The summed E-state index contributed by atoms with van der Waals surface area (Å²) in [6.45, 7) is 2.34. The molecule has 66 valence electrons. The van der Waals surface area contributed by atoms with Crippen LogP contribution in [0.15, 0.2) is 0 Å². The van der Waals surface area contributed by atoms with E-state index in [1.165, 1.54) is 6.92 Å². The van der Waals surface area contributed by atoms with Crippen molar-refractivity contribution in [3.05, 3.63) is 0 Å². The number of ketones is 1. The van der Waals surface area contributed by atoms with Gasteiger partial charge in [-0.15, -0.1) is 0 Å². The maximum atomic E-state index is 11.3. The van der Waals surface area contributed by atoms with E-state index in [1.54, 1.807) is 4.90 Å². The smallest absolute Gasteiger partial charge is 0.220 e. The molecule has 2 aliphatic heterocycles. The summed E-state index contributed by atoms with van der Waals surface area (Å²) in [7, 11) is 0. The number of carbonyl (C=O) groups is 2. The molecule has 4 heteroatoms. The van der Waals surface area contributed by atoms with Gasteiger partial charge in [-0.2, -0.15) is 0 Å². The molecule has 2 aliphatic rings. The van der Waals surface area contributed by atoms with Crippen molar-refractivity contribution in [2.75, 3.05) is 13.2 Å². The summed E-state index contributed by atoms with van der Waals surface area (Å²) in [6.07, 6.45) is 0.775. The van der Waals surface area contributed by atoms with Gasteiger partial charge in [-0.05, 0) is 6.42 Å². The van der Waals surface area contributed by atoms with Gasteiger partial charge in [0.05, 0.1) is 6.10 Å². The Balaban J connectivity index is 2.19. The molecule has 0 bridgehead atoms. The first kappa shape index (κ1) is 7.73. The molecule has 0 N–H and O–H groups in total. The fourth-order valence-corrected chi connectivity index (χ4v) is 1.95. The molecule has 1 amide bonds. The second kappa shape index (κ2) is 2.55. The highest BCUT2D eigenvalue weighted by Gasteiger charge is 2.45. The monoisotopic (exact) mass is 169 g/mol. The lowest BCUT2D eigenvalue weighted by molar-refractivity contribution is -0.134. The Morgan fingerprint density at radius 3 is 3.08 bits per heavy atom. The van der Waals surface area contributed by atoms with Gasteiger partial charge in [-0.1, -0.05) is 0 Å². The number of fused-ring (bicyclic) bond motifs is 1. The quantitative estimate of drug-likeness (QED) is 0.494. The van der Waals surface area contributed by atoms with E-state index in [9.17, 15) is 9.59 Å². The van der Waals surface area contributed by atoms with E-state index in [1.807, 2.05) is 0 Å². The summed E-state index contributed by atoms with van der Waals surface area (Å²) in [5.74, 6) is 0.0223. The molecule has 0 saturated carbocycles. The van der Waals surface area contributed by atoms with Crippen molar-refractivity contribution in [2.45, 2.75) is 25.5 Å². The van der Waals surface area contributed by atoms with Crippen LogP contribution in [0, 0.1) is 0 Å². The highest BCUT2D eigenvalue weighted by atomic mass is 16.5. The Hall–Kier alpha value is -0.900. The number of rotatable bonds is 0. The van der Waals surface area contributed by atoms with E-state index in [-0.39, 0.29) is 30.4 Å². The minimum atomic E-state index is -0.275. The molecule has 2 saturated heterocycles. The van der Waals surface area contributed by atoms with Crippen LogP contribution in [0.4, 0.5) is 0 Å². The molecule has 12 heavy (non-hydrogen) atoms. The van der Waals surface area contributed by atoms with Crippen molar-refractivity contribution in [2.24, 2.45) is 0 Å². The summed E-state index contributed by atoms with van der Waals surface area (Å²) in [6, 6.07) is -0.275. The molecule has 0 aliphatic carbocycles. The van der Waals surface area contributed by atoms with Gasteiger partial charge in [-0.3, -0.25) is 9.59 Å². The zero-order valence-electron chi connectivity index (χ0n) is 6.95. The van der Waals surface area contributed by atoms with Crippen LogP contribution in [0.3, 0.4) is 0 Å². The van der Waals surface area contributed by atoms with Gasteiger partial charge in [0.15, 0.2) is 5.78 Å². The predicted molar refractivity (Wildman–Crippen MR) is 40.5 cm³/mol. The Morgan fingerprint density at radius 1 is 1.67 bits per heavy atom. The summed E-state index contributed by atoms with van der Waals surface area (Å²) in [5, 5.41) is 0. The van der Waals surface area contributed by atoms with E-state index >= 15 is 0 Å². The Morgan fingerprint density at radius 2 is 2.42 bits per heavy atom. The Kier molecular flexibility index (Phi) is 1.65. The van der Waals surface area contributed by atoms with Crippen LogP contribution in [0.25, 0.3) is 0 Å². The number of carbonyl (C=O) groups excluding carboxylic acids is 2. The molecule has 0 unspecified atom stereocenters. The standard InChI is InChI=1S/C8H11NO3/c1-5(10)9-3-2-7-8(9)6(11)4-12-7/h7-8H,2-4H2,1H3/t7-,8-/m1/s1. The van der Waals surface area contributed by atoms with E-state index in [0.29, 0.717) is 6.54 Å².